The minimum Gasteiger partial charge on any atom is -0.480 e. The highest BCUT2D eigenvalue weighted by Crippen LogP contribution is 1.98. The van der Waals surface area contributed by atoms with Crippen LogP contribution in [-0.4, -0.2) is 28.8 Å². The second-order valence-electron chi connectivity index (χ2n) is 3.07. The molecule has 0 heterocycles. The van der Waals surface area contributed by atoms with E-state index in [1.807, 2.05) is 0 Å². The van der Waals surface area contributed by atoms with Gasteiger partial charge in [-0.1, -0.05) is 13.8 Å². The van der Waals surface area contributed by atoms with Crippen LogP contribution in [0.15, 0.2) is 0 Å². The van der Waals surface area contributed by atoms with Gasteiger partial charge in [-0.3, -0.25) is 4.79 Å². The Hall–Kier alpha value is -0.710. The number of amides is 1. The maximum atomic E-state index is 11.1. The van der Waals surface area contributed by atoms with E-state index < -0.39 is 12.0 Å². The molecule has 0 bridgehead atoms. The molecule has 0 spiro atoms. The van der Waals surface area contributed by atoms with Crippen molar-refractivity contribution in [3.63, 3.8) is 0 Å². The van der Waals surface area contributed by atoms with Crippen molar-refractivity contribution in [2.24, 2.45) is 5.92 Å². The van der Waals surface area contributed by atoms with Crippen LogP contribution in [-0.2, 0) is 9.59 Å². The van der Waals surface area contributed by atoms with Gasteiger partial charge < -0.3 is 10.4 Å². The molecule has 1 amide bonds. The van der Waals surface area contributed by atoms with Gasteiger partial charge in [0.1, 0.15) is 6.04 Å². The first-order chi connectivity index (χ1) is 5.99. The second kappa shape index (κ2) is 5.85. The molecule has 0 rings (SSSR count). The van der Waals surface area contributed by atoms with Crippen LogP contribution >= 0.6 is 12.6 Å². The normalized spacial score (nSPS) is 12.6. The molecule has 0 aromatic carbocycles. The summed E-state index contributed by atoms with van der Waals surface area (Å²) in [6.45, 7) is 3.43. The van der Waals surface area contributed by atoms with Gasteiger partial charge in [0, 0.05) is 5.92 Å². The number of carbonyl (C=O) groups excluding carboxylic acids is 1. The Bertz CT molecular complexity index is 194. The van der Waals surface area contributed by atoms with Gasteiger partial charge in [-0.05, 0) is 12.2 Å². The van der Waals surface area contributed by atoms with Gasteiger partial charge in [0.05, 0.1) is 0 Å². The molecule has 0 aliphatic rings. The van der Waals surface area contributed by atoms with Crippen LogP contribution in [0.3, 0.4) is 0 Å². The number of hydrogen-bond acceptors (Lipinski definition) is 3. The van der Waals surface area contributed by atoms with Crippen LogP contribution in [0.2, 0.25) is 0 Å². The van der Waals surface area contributed by atoms with Crippen molar-refractivity contribution in [3.05, 3.63) is 0 Å². The third-order valence-electron chi connectivity index (χ3n) is 1.56. The number of carboxylic acids is 1. The zero-order valence-electron chi connectivity index (χ0n) is 7.78. The Morgan fingerprint density at radius 2 is 2.00 bits per heavy atom. The molecule has 0 fully saturated rings. The number of carboxylic acid groups (broad SMARTS) is 1. The van der Waals surface area contributed by atoms with E-state index in [4.69, 9.17) is 5.11 Å². The summed E-state index contributed by atoms with van der Waals surface area (Å²) in [7, 11) is 0. The summed E-state index contributed by atoms with van der Waals surface area (Å²) >= 11 is 3.91. The van der Waals surface area contributed by atoms with E-state index in [0.29, 0.717) is 12.2 Å². The largest absolute Gasteiger partial charge is 0.480 e. The van der Waals surface area contributed by atoms with Crippen molar-refractivity contribution in [1.29, 1.82) is 0 Å². The fraction of sp³-hybridized carbons (Fsp3) is 0.750. The molecule has 0 saturated carbocycles. The van der Waals surface area contributed by atoms with Crippen molar-refractivity contribution in [3.8, 4) is 0 Å². The number of thiol groups is 1. The summed E-state index contributed by atoms with van der Waals surface area (Å²) < 4.78 is 0. The van der Waals surface area contributed by atoms with Gasteiger partial charge in [-0.15, -0.1) is 0 Å². The van der Waals surface area contributed by atoms with E-state index in [1.54, 1.807) is 13.8 Å². The van der Waals surface area contributed by atoms with Crippen molar-refractivity contribution >= 4 is 24.5 Å². The van der Waals surface area contributed by atoms with E-state index in [2.05, 4.69) is 17.9 Å². The number of rotatable bonds is 5. The molecule has 0 aromatic rings. The molecular weight excluding hydrogens is 190 g/mol. The maximum Gasteiger partial charge on any atom is 0.326 e. The maximum absolute atomic E-state index is 11.1. The third kappa shape index (κ3) is 4.77. The number of nitrogens with one attached hydrogen (secondary N) is 1. The summed E-state index contributed by atoms with van der Waals surface area (Å²) in [6, 6.07) is -0.813. The summed E-state index contributed by atoms with van der Waals surface area (Å²) in [5, 5.41) is 11.1. The molecule has 2 N–H and O–H groups in total. The lowest BCUT2D eigenvalue weighted by atomic mass is 10.1. The SMILES string of the molecule is CC(C)C(=O)NC(CCS)C(=O)O. The molecule has 5 heteroatoms. The number of hydrogen-bond donors (Lipinski definition) is 3. The van der Waals surface area contributed by atoms with E-state index in [-0.39, 0.29) is 11.8 Å². The highest BCUT2D eigenvalue weighted by molar-refractivity contribution is 7.80. The average Bonchev–Trinajstić information content (AvgIpc) is 2.03. The van der Waals surface area contributed by atoms with Crippen molar-refractivity contribution in [1.82, 2.24) is 5.32 Å². The molecule has 0 aromatic heterocycles. The smallest absolute Gasteiger partial charge is 0.326 e. The summed E-state index contributed by atoms with van der Waals surface area (Å²) in [5.41, 5.74) is 0. The molecule has 1 atom stereocenters. The lowest BCUT2D eigenvalue weighted by Crippen LogP contribution is -2.42. The van der Waals surface area contributed by atoms with Gasteiger partial charge in [0.15, 0.2) is 0 Å². The topological polar surface area (TPSA) is 66.4 Å². The van der Waals surface area contributed by atoms with Crippen molar-refractivity contribution < 1.29 is 14.7 Å². The fourth-order valence-corrected chi connectivity index (χ4v) is 0.983. The summed E-state index contributed by atoms with van der Waals surface area (Å²) in [4.78, 5) is 21.7. The molecule has 4 nitrogen and oxygen atoms in total. The van der Waals surface area contributed by atoms with Gasteiger partial charge in [0.2, 0.25) is 5.91 Å². The predicted molar refractivity (Wildman–Crippen MR) is 52.9 cm³/mol. The van der Waals surface area contributed by atoms with E-state index in [9.17, 15) is 9.59 Å². The average molecular weight is 205 g/mol. The van der Waals surface area contributed by atoms with Gasteiger partial charge >= 0.3 is 5.97 Å². The molecule has 0 saturated heterocycles. The first-order valence-corrected chi connectivity index (χ1v) is 4.76. The van der Waals surface area contributed by atoms with Crippen LogP contribution in [0.1, 0.15) is 20.3 Å². The standard InChI is InChI=1S/C8H15NO3S/c1-5(2)7(10)9-6(3-4-13)8(11)12/h5-6,13H,3-4H2,1-2H3,(H,9,10)(H,11,12). The Labute approximate surface area is 83.1 Å². The number of aliphatic carboxylic acids is 1. The van der Waals surface area contributed by atoms with Crippen LogP contribution in [0.5, 0.6) is 0 Å². The van der Waals surface area contributed by atoms with E-state index in [0.717, 1.165) is 0 Å². The highest BCUT2D eigenvalue weighted by Gasteiger charge is 2.19. The van der Waals surface area contributed by atoms with Crippen molar-refractivity contribution in [2.75, 3.05) is 5.75 Å². The summed E-state index contributed by atoms with van der Waals surface area (Å²) in [5.74, 6) is -1.01. The molecule has 76 valence electrons. The Kier molecular flexibility index (Phi) is 5.53. The monoisotopic (exact) mass is 205 g/mol. The molecule has 13 heavy (non-hydrogen) atoms. The second-order valence-corrected chi connectivity index (χ2v) is 3.51. The van der Waals surface area contributed by atoms with Crippen LogP contribution < -0.4 is 5.32 Å². The van der Waals surface area contributed by atoms with E-state index in [1.165, 1.54) is 0 Å². The number of carbonyl (C=O) groups is 2. The highest BCUT2D eigenvalue weighted by atomic mass is 32.1. The lowest BCUT2D eigenvalue weighted by Gasteiger charge is -2.14. The Balaban J connectivity index is 4.10. The Morgan fingerprint density at radius 3 is 2.31 bits per heavy atom. The third-order valence-corrected chi connectivity index (χ3v) is 1.81. The first kappa shape index (κ1) is 12.3. The van der Waals surface area contributed by atoms with Crippen molar-refractivity contribution in [2.45, 2.75) is 26.3 Å². The minimum absolute atomic E-state index is 0.193. The van der Waals surface area contributed by atoms with Crippen LogP contribution in [0.25, 0.3) is 0 Å². The molecule has 1 unspecified atom stereocenters. The summed E-state index contributed by atoms with van der Waals surface area (Å²) in [6.07, 6.45) is 0.344. The van der Waals surface area contributed by atoms with Gasteiger partial charge in [-0.2, -0.15) is 12.6 Å². The minimum atomic E-state index is -1.01. The van der Waals surface area contributed by atoms with Gasteiger partial charge in [0.25, 0.3) is 0 Å². The Morgan fingerprint density at radius 1 is 1.46 bits per heavy atom. The van der Waals surface area contributed by atoms with Crippen LogP contribution in [0, 0.1) is 5.92 Å². The molecule has 0 aliphatic carbocycles. The van der Waals surface area contributed by atoms with Gasteiger partial charge in [-0.25, -0.2) is 4.79 Å². The first-order valence-electron chi connectivity index (χ1n) is 4.13. The fourth-order valence-electron chi connectivity index (χ4n) is 0.725. The molecular formula is C8H15NO3S. The molecule has 0 radical (unpaired) electrons. The quantitative estimate of drug-likeness (QED) is 0.574. The van der Waals surface area contributed by atoms with E-state index >= 15 is 0 Å². The predicted octanol–water partition coefficient (Wildman–Crippen LogP) is 0.532. The zero-order valence-corrected chi connectivity index (χ0v) is 8.67. The lowest BCUT2D eigenvalue weighted by molar-refractivity contribution is -0.142. The van der Waals surface area contributed by atoms with Crippen LogP contribution in [0.4, 0.5) is 0 Å². The molecule has 0 aliphatic heterocycles. The zero-order chi connectivity index (χ0) is 10.4.